The summed E-state index contributed by atoms with van der Waals surface area (Å²) in [7, 11) is 0. The molecule has 0 radical (unpaired) electrons. The number of H-pyrrole nitrogens is 1. The summed E-state index contributed by atoms with van der Waals surface area (Å²) in [5.74, 6) is -0.245. The Kier molecular flexibility index (Phi) is 3.75. The van der Waals surface area contributed by atoms with E-state index in [0.717, 1.165) is 14.4 Å². The molecule has 0 aliphatic rings. The van der Waals surface area contributed by atoms with E-state index in [1.165, 1.54) is 0 Å². The molecule has 6 heteroatoms. The summed E-state index contributed by atoms with van der Waals surface area (Å²) in [4.78, 5) is 15.4. The van der Waals surface area contributed by atoms with Crippen molar-refractivity contribution in [2.24, 2.45) is 5.10 Å². The molecule has 2 heterocycles. The molecule has 0 saturated carbocycles. The number of carbonyl (C=O) groups is 1. The summed E-state index contributed by atoms with van der Waals surface area (Å²) in [6.45, 7) is 1.85. The molecule has 0 atom stereocenters. The Morgan fingerprint density at radius 2 is 2.29 bits per heavy atom. The van der Waals surface area contributed by atoms with Crippen LogP contribution in [0.15, 0.2) is 39.4 Å². The normalized spacial score (nSPS) is 11.5. The summed E-state index contributed by atoms with van der Waals surface area (Å²) < 4.78 is 1.04. The van der Waals surface area contributed by atoms with Crippen molar-refractivity contribution in [3.63, 3.8) is 0 Å². The van der Waals surface area contributed by atoms with Crippen LogP contribution in [0.2, 0.25) is 0 Å². The monoisotopic (exact) mass is 311 g/mol. The number of rotatable bonds is 3. The lowest BCUT2D eigenvalue weighted by Crippen LogP contribution is -2.19. The molecule has 17 heavy (non-hydrogen) atoms. The van der Waals surface area contributed by atoms with Gasteiger partial charge in [0, 0.05) is 6.20 Å². The van der Waals surface area contributed by atoms with Gasteiger partial charge in [0.25, 0.3) is 5.91 Å². The molecule has 2 aromatic heterocycles. The van der Waals surface area contributed by atoms with Crippen molar-refractivity contribution in [2.45, 2.75) is 6.92 Å². The molecule has 0 aliphatic carbocycles. The van der Waals surface area contributed by atoms with Gasteiger partial charge in [-0.05, 0) is 47.1 Å². The number of halogens is 1. The maximum Gasteiger partial charge on any atom is 0.287 e. The second kappa shape index (κ2) is 5.29. The molecule has 0 saturated heterocycles. The highest BCUT2D eigenvalue weighted by atomic mass is 79.9. The predicted octanol–water partition coefficient (Wildman–Crippen LogP) is 2.99. The van der Waals surface area contributed by atoms with Gasteiger partial charge in [-0.25, -0.2) is 5.43 Å². The maximum absolute atomic E-state index is 11.6. The molecule has 0 bridgehead atoms. The van der Waals surface area contributed by atoms with Gasteiger partial charge in [0.15, 0.2) is 0 Å². The van der Waals surface area contributed by atoms with Crippen molar-refractivity contribution < 1.29 is 4.79 Å². The standard InChI is InChI=1S/C11H10BrN3OS/c1-7(9-4-5-10(12)17-9)14-15-11(16)8-3-2-6-13-8/h2-6,13H,1H3,(H,15,16)/b14-7-. The van der Waals surface area contributed by atoms with Crippen molar-refractivity contribution in [3.05, 3.63) is 44.8 Å². The molecule has 2 N–H and O–H groups in total. The van der Waals surface area contributed by atoms with Crippen LogP contribution in [0, 0.1) is 0 Å². The summed E-state index contributed by atoms with van der Waals surface area (Å²) in [6.07, 6.45) is 1.70. The Morgan fingerprint density at radius 1 is 1.47 bits per heavy atom. The number of hydrogen-bond acceptors (Lipinski definition) is 3. The predicted molar refractivity (Wildman–Crippen MR) is 72.5 cm³/mol. The summed E-state index contributed by atoms with van der Waals surface area (Å²) in [6, 6.07) is 7.37. The molecule has 0 spiro atoms. The lowest BCUT2D eigenvalue weighted by molar-refractivity contribution is 0.0950. The highest BCUT2D eigenvalue weighted by Gasteiger charge is 2.05. The molecule has 0 aromatic carbocycles. The summed E-state index contributed by atoms with van der Waals surface area (Å²) >= 11 is 4.95. The first-order valence-corrected chi connectivity index (χ1v) is 6.51. The van der Waals surface area contributed by atoms with Crippen molar-refractivity contribution in [1.82, 2.24) is 10.4 Å². The van der Waals surface area contributed by atoms with Gasteiger partial charge in [-0.1, -0.05) is 0 Å². The first kappa shape index (κ1) is 12.1. The molecule has 2 rings (SSSR count). The quantitative estimate of drug-likeness (QED) is 0.664. The zero-order valence-corrected chi connectivity index (χ0v) is 11.4. The van der Waals surface area contributed by atoms with Gasteiger partial charge in [0.2, 0.25) is 0 Å². The molecule has 0 fully saturated rings. The van der Waals surface area contributed by atoms with E-state index in [2.05, 4.69) is 31.4 Å². The topological polar surface area (TPSA) is 57.2 Å². The van der Waals surface area contributed by atoms with Crippen LogP contribution >= 0.6 is 27.3 Å². The fraction of sp³-hybridized carbons (Fsp3) is 0.0909. The van der Waals surface area contributed by atoms with Gasteiger partial charge in [-0.15, -0.1) is 11.3 Å². The van der Waals surface area contributed by atoms with Crippen LogP contribution in [0.25, 0.3) is 0 Å². The minimum absolute atomic E-state index is 0.245. The van der Waals surface area contributed by atoms with E-state index in [0.29, 0.717) is 5.69 Å². The van der Waals surface area contributed by atoms with E-state index in [-0.39, 0.29) is 5.91 Å². The lowest BCUT2D eigenvalue weighted by atomic mass is 10.3. The van der Waals surface area contributed by atoms with Crippen LogP contribution in [0.3, 0.4) is 0 Å². The Labute approximate surface area is 111 Å². The van der Waals surface area contributed by atoms with E-state index in [1.54, 1.807) is 29.7 Å². The minimum Gasteiger partial charge on any atom is -0.357 e. The van der Waals surface area contributed by atoms with Crippen molar-refractivity contribution in [1.29, 1.82) is 0 Å². The van der Waals surface area contributed by atoms with Gasteiger partial charge in [-0.2, -0.15) is 5.10 Å². The highest BCUT2D eigenvalue weighted by molar-refractivity contribution is 9.11. The maximum atomic E-state index is 11.6. The number of nitrogens with one attached hydrogen (secondary N) is 2. The number of carbonyl (C=O) groups excluding carboxylic acids is 1. The molecular formula is C11H10BrN3OS. The number of nitrogens with zero attached hydrogens (tertiary/aromatic N) is 1. The van der Waals surface area contributed by atoms with Crippen LogP contribution in [0.4, 0.5) is 0 Å². The highest BCUT2D eigenvalue weighted by Crippen LogP contribution is 2.22. The number of hydrogen-bond donors (Lipinski definition) is 2. The third kappa shape index (κ3) is 3.04. The third-order valence-electron chi connectivity index (χ3n) is 2.10. The molecule has 4 nitrogen and oxygen atoms in total. The zero-order chi connectivity index (χ0) is 12.3. The third-order valence-corrected chi connectivity index (χ3v) is 3.83. The summed E-state index contributed by atoms with van der Waals surface area (Å²) in [5.41, 5.74) is 3.77. The van der Waals surface area contributed by atoms with Crippen LogP contribution in [-0.2, 0) is 0 Å². The van der Waals surface area contributed by atoms with E-state index in [9.17, 15) is 4.79 Å². The van der Waals surface area contributed by atoms with Gasteiger partial charge < -0.3 is 4.98 Å². The van der Waals surface area contributed by atoms with Crippen LogP contribution in [0.1, 0.15) is 22.3 Å². The zero-order valence-electron chi connectivity index (χ0n) is 9.03. The Bertz CT molecular complexity index is 545. The average Bonchev–Trinajstić information content (AvgIpc) is 2.95. The molecular weight excluding hydrogens is 302 g/mol. The second-order valence-electron chi connectivity index (χ2n) is 3.33. The number of aromatic amines is 1. The van der Waals surface area contributed by atoms with Gasteiger partial charge in [0.05, 0.1) is 14.4 Å². The van der Waals surface area contributed by atoms with Crippen LogP contribution < -0.4 is 5.43 Å². The SMILES string of the molecule is C/C(=N/NC(=O)c1ccc[nH]1)c1ccc(Br)s1. The lowest BCUT2D eigenvalue weighted by Gasteiger charge is -1.99. The summed E-state index contributed by atoms with van der Waals surface area (Å²) in [5, 5.41) is 4.05. The fourth-order valence-electron chi connectivity index (χ4n) is 1.23. The van der Waals surface area contributed by atoms with Gasteiger partial charge >= 0.3 is 0 Å². The smallest absolute Gasteiger partial charge is 0.287 e. The van der Waals surface area contributed by atoms with Gasteiger partial charge in [0.1, 0.15) is 5.69 Å². The van der Waals surface area contributed by atoms with E-state index in [4.69, 9.17) is 0 Å². The molecule has 88 valence electrons. The number of hydrazone groups is 1. The fourth-order valence-corrected chi connectivity index (χ4v) is 2.56. The van der Waals surface area contributed by atoms with Gasteiger partial charge in [-0.3, -0.25) is 4.79 Å². The van der Waals surface area contributed by atoms with Crippen LogP contribution in [-0.4, -0.2) is 16.6 Å². The first-order valence-electron chi connectivity index (χ1n) is 4.90. The minimum atomic E-state index is -0.245. The number of amides is 1. The molecule has 0 aliphatic heterocycles. The molecule has 0 unspecified atom stereocenters. The Balaban J connectivity index is 2.04. The molecule has 2 aromatic rings. The van der Waals surface area contributed by atoms with Crippen molar-refractivity contribution in [2.75, 3.05) is 0 Å². The van der Waals surface area contributed by atoms with Crippen LogP contribution in [0.5, 0.6) is 0 Å². The second-order valence-corrected chi connectivity index (χ2v) is 5.79. The Morgan fingerprint density at radius 3 is 2.88 bits per heavy atom. The Hall–Kier alpha value is -1.40. The van der Waals surface area contributed by atoms with E-state index >= 15 is 0 Å². The molecule has 1 amide bonds. The number of thiophene rings is 1. The largest absolute Gasteiger partial charge is 0.357 e. The number of aromatic nitrogens is 1. The average molecular weight is 312 g/mol. The van der Waals surface area contributed by atoms with Crippen molar-refractivity contribution >= 4 is 38.9 Å². The van der Waals surface area contributed by atoms with E-state index in [1.807, 2.05) is 19.1 Å². The van der Waals surface area contributed by atoms with Crippen molar-refractivity contribution in [3.8, 4) is 0 Å². The van der Waals surface area contributed by atoms with E-state index < -0.39 is 0 Å². The first-order chi connectivity index (χ1) is 8.16.